The fourth-order valence-electron chi connectivity index (χ4n) is 2.89. The van der Waals surface area contributed by atoms with Crippen LogP contribution in [0.4, 0.5) is 0 Å². The van der Waals surface area contributed by atoms with Crippen LogP contribution >= 0.6 is 31.4 Å². The Morgan fingerprint density at radius 2 is 0.926 bits per heavy atom. The molecule has 0 radical (unpaired) electrons. The summed E-state index contributed by atoms with van der Waals surface area (Å²) in [7, 11) is 4.71. The molecular weight excluding hydrogens is 433 g/mol. The van der Waals surface area contributed by atoms with Crippen molar-refractivity contribution in [2.24, 2.45) is 0 Å². The van der Waals surface area contributed by atoms with Gasteiger partial charge in [-0.3, -0.25) is 0 Å². The highest BCUT2D eigenvalue weighted by atomic mass is 33.5. The van der Waals surface area contributed by atoms with Crippen molar-refractivity contribution in [1.29, 1.82) is 0 Å². The summed E-state index contributed by atoms with van der Waals surface area (Å²) >= 11 is 0. The lowest BCUT2D eigenvalue weighted by atomic mass is 10.6. The van der Waals surface area contributed by atoms with Crippen LogP contribution in [0.15, 0.2) is 0 Å². The Hall–Kier alpha value is 1.32. The van der Waals surface area contributed by atoms with Crippen molar-refractivity contribution in [3.8, 4) is 0 Å². The van der Waals surface area contributed by atoms with E-state index in [9.17, 15) is 0 Å². The van der Waals surface area contributed by atoms with Gasteiger partial charge in [0.15, 0.2) is 10.8 Å². The van der Waals surface area contributed by atoms with Crippen molar-refractivity contribution in [3.63, 3.8) is 0 Å². The third-order valence-electron chi connectivity index (χ3n) is 4.11. The molecule has 0 aliphatic heterocycles. The highest BCUT2D eigenvalue weighted by Gasteiger charge is 2.33. The van der Waals surface area contributed by atoms with E-state index < -0.39 is 19.0 Å². The second kappa shape index (κ2) is 18.1. The molecular formula is C18H42O4S3Si2. The molecule has 0 aliphatic carbocycles. The van der Waals surface area contributed by atoms with Crippen LogP contribution in [-0.2, 0) is 18.9 Å². The van der Waals surface area contributed by atoms with Gasteiger partial charge in [0, 0.05) is 26.4 Å². The fourth-order valence-corrected chi connectivity index (χ4v) is 12.6. The van der Waals surface area contributed by atoms with Gasteiger partial charge >= 0.3 is 0 Å². The Kier molecular flexibility index (Phi) is 19.0. The fraction of sp³-hybridized carbons (Fsp3) is 1.00. The molecule has 0 rings (SSSR count). The molecule has 164 valence electrons. The summed E-state index contributed by atoms with van der Waals surface area (Å²) in [6.07, 6.45) is 2.43. The number of hydrogen-bond donors (Lipinski definition) is 0. The second-order valence-corrected chi connectivity index (χ2v) is 15.2. The zero-order chi connectivity index (χ0) is 20.4. The molecule has 0 spiro atoms. The summed E-state index contributed by atoms with van der Waals surface area (Å²) in [6.45, 7) is 15.6. The molecule has 0 heterocycles. The predicted octanol–water partition coefficient (Wildman–Crippen LogP) is 4.46. The Labute approximate surface area is 184 Å². The monoisotopic (exact) mass is 474 g/mol. The molecule has 0 fully saturated rings. The van der Waals surface area contributed by atoms with Crippen molar-refractivity contribution in [2.75, 3.05) is 37.9 Å². The van der Waals surface area contributed by atoms with Crippen LogP contribution < -0.4 is 0 Å². The van der Waals surface area contributed by atoms with Gasteiger partial charge in [0.25, 0.3) is 0 Å². The van der Waals surface area contributed by atoms with Gasteiger partial charge in [0.05, 0.1) is 30.5 Å². The van der Waals surface area contributed by atoms with E-state index in [1.165, 1.54) is 24.9 Å². The summed E-state index contributed by atoms with van der Waals surface area (Å²) in [5.74, 6) is 1.81. The first-order chi connectivity index (χ1) is 13.1. The zero-order valence-electron chi connectivity index (χ0n) is 18.3. The molecule has 0 saturated heterocycles. The first-order valence-corrected chi connectivity index (χ1v) is 17.8. The average molecular weight is 475 g/mol. The number of rotatable bonds is 20. The number of hydrogen-bond acceptors (Lipinski definition) is 7. The molecule has 4 nitrogen and oxygen atoms in total. The van der Waals surface area contributed by atoms with Crippen molar-refractivity contribution in [1.82, 2.24) is 0 Å². The molecule has 0 bridgehead atoms. The molecule has 0 unspecified atom stereocenters. The smallest absolute Gasteiger partial charge is 0.154 e. The lowest BCUT2D eigenvalue weighted by Gasteiger charge is -2.34. The first-order valence-electron chi connectivity index (χ1n) is 10.5. The van der Waals surface area contributed by atoms with E-state index in [0.717, 1.165) is 37.9 Å². The normalized spacial score (nSPS) is 13.6. The molecule has 0 aromatic carbocycles. The Morgan fingerprint density at radius 3 is 1.19 bits per heavy atom. The SMILES string of the molecule is CCC[SiH2]C(CSSSCC(OCC)(OCC)[SiH2]CCC)(OCC)OCC. The summed E-state index contributed by atoms with van der Waals surface area (Å²) in [4.78, 5) is 0. The van der Waals surface area contributed by atoms with Crippen molar-refractivity contribution in [3.05, 3.63) is 0 Å². The van der Waals surface area contributed by atoms with Gasteiger partial charge in [-0.1, -0.05) is 60.4 Å². The van der Waals surface area contributed by atoms with E-state index in [-0.39, 0.29) is 10.8 Å². The molecule has 27 heavy (non-hydrogen) atoms. The van der Waals surface area contributed by atoms with Gasteiger partial charge < -0.3 is 18.9 Å². The van der Waals surface area contributed by atoms with Crippen molar-refractivity contribution >= 4 is 50.5 Å². The van der Waals surface area contributed by atoms with E-state index in [4.69, 9.17) is 18.9 Å². The van der Waals surface area contributed by atoms with E-state index in [0.29, 0.717) is 0 Å². The predicted molar refractivity (Wildman–Crippen MR) is 132 cm³/mol. The van der Waals surface area contributed by atoms with Crippen LogP contribution in [-0.4, -0.2) is 67.8 Å². The lowest BCUT2D eigenvalue weighted by molar-refractivity contribution is -0.159. The molecule has 0 amide bonds. The quantitative estimate of drug-likeness (QED) is 0.112. The van der Waals surface area contributed by atoms with Crippen LogP contribution in [0.25, 0.3) is 0 Å². The summed E-state index contributed by atoms with van der Waals surface area (Å²) in [5.41, 5.74) is -0.628. The molecule has 9 heteroatoms. The minimum atomic E-state index is -0.423. The highest BCUT2D eigenvalue weighted by molar-refractivity contribution is 9.09. The first kappa shape index (κ1) is 28.3. The Balaban J connectivity index is 4.60. The van der Waals surface area contributed by atoms with E-state index >= 15 is 0 Å². The second-order valence-electron chi connectivity index (χ2n) is 6.35. The maximum Gasteiger partial charge on any atom is 0.154 e. The van der Waals surface area contributed by atoms with Crippen LogP contribution in [0.1, 0.15) is 54.4 Å². The maximum absolute atomic E-state index is 6.10. The van der Waals surface area contributed by atoms with Gasteiger partial charge in [0.2, 0.25) is 0 Å². The maximum atomic E-state index is 6.10. The van der Waals surface area contributed by atoms with E-state index in [1.807, 2.05) is 31.4 Å². The molecule has 0 saturated carbocycles. The largest absolute Gasteiger partial charge is 0.354 e. The Bertz CT molecular complexity index is 300. The number of ether oxygens (including phenoxy) is 4. The molecule has 0 aromatic rings. The molecule has 0 N–H and O–H groups in total. The third kappa shape index (κ3) is 12.6. The summed E-state index contributed by atoms with van der Waals surface area (Å²) in [6, 6.07) is 2.53. The zero-order valence-corrected chi connectivity index (χ0v) is 23.6. The van der Waals surface area contributed by atoms with Crippen molar-refractivity contribution < 1.29 is 18.9 Å². The topological polar surface area (TPSA) is 36.9 Å². The van der Waals surface area contributed by atoms with Gasteiger partial charge in [-0.15, -0.1) is 0 Å². The van der Waals surface area contributed by atoms with Crippen LogP contribution in [0.2, 0.25) is 12.1 Å². The molecule has 0 atom stereocenters. The summed E-state index contributed by atoms with van der Waals surface area (Å²) < 4.78 is 24.4. The van der Waals surface area contributed by atoms with Gasteiger partial charge in [-0.2, -0.15) is 0 Å². The van der Waals surface area contributed by atoms with E-state index in [2.05, 4.69) is 41.5 Å². The highest BCUT2D eigenvalue weighted by Crippen LogP contribution is 2.40. The lowest BCUT2D eigenvalue weighted by Crippen LogP contribution is -2.45. The van der Waals surface area contributed by atoms with E-state index in [1.54, 1.807) is 0 Å². The van der Waals surface area contributed by atoms with Crippen LogP contribution in [0.3, 0.4) is 0 Å². The minimum absolute atomic E-state index is 0.314. The van der Waals surface area contributed by atoms with Gasteiger partial charge in [0.1, 0.15) is 0 Å². The van der Waals surface area contributed by atoms with Crippen LogP contribution in [0.5, 0.6) is 0 Å². The summed E-state index contributed by atoms with van der Waals surface area (Å²) in [5, 5.41) is 0. The third-order valence-corrected chi connectivity index (χ3v) is 14.1. The molecule has 0 aromatic heterocycles. The average Bonchev–Trinajstić information content (AvgIpc) is 2.65. The van der Waals surface area contributed by atoms with Crippen LogP contribution in [0, 0.1) is 0 Å². The van der Waals surface area contributed by atoms with Crippen molar-refractivity contribution in [2.45, 2.75) is 77.3 Å². The van der Waals surface area contributed by atoms with Gasteiger partial charge in [-0.25, -0.2) is 0 Å². The van der Waals surface area contributed by atoms with Gasteiger partial charge in [-0.05, 0) is 37.5 Å². The molecule has 0 aliphatic rings. The Morgan fingerprint density at radius 1 is 0.593 bits per heavy atom. The minimum Gasteiger partial charge on any atom is -0.354 e. The standard InChI is InChI=1S/C18H42O4S3Si2/c1-7-13-26-17(19-9-3,20-10-4)15-23-25-24-16-18(21-11-5,22-12-6)27-14-8-2/h7-16,26-27H2,1-6H3.